The number of aromatic nitrogens is 1. The van der Waals surface area contributed by atoms with Gasteiger partial charge in [0.25, 0.3) is 0 Å². The third kappa shape index (κ3) is 3.84. The molecule has 1 aromatic carbocycles. The van der Waals surface area contributed by atoms with Gasteiger partial charge in [-0.1, -0.05) is 26.0 Å². The lowest BCUT2D eigenvalue weighted by atomic mass is 9.82. The molecule has 3 aliphatic heterocycles. The largest absolute Gasteiger partial charge is 0.496 e. The number of oxazole rings is 1. The van der Waals surface area contributed by atoms with Crippen LogP contribution in [0.2, 0.25) is 0 Å². The summed E-state index contributed by atoms with van der Waals surface area (Å²) in [5.74, 6) is 2.73. The van der Waals surface area contributed by atoms with E-state index in [2.05, 4.69) is 53.8 Å². The summed E-state index contributed by atoms with van der Waals surface area (Å²) in [4.78, 5) is 25.0. The number of ether oxygens (including phenoxy) is 1. The number of rotatable bonds is 5. The summed E-state index contributed by atoms with van der Waals surface area (Å²) < 4.78 is 11.5. The monoisotopic (exact) mass is 478 g/mol. The Hall–Kier alpha value is -2.80. The van der Waals surface area contributed by atoms with Crippen LogP contribution in [0, 0.1) is 13.8 Å². The highest BCUT2D eigenvalue weighted by Crippen LogP contribution is 2.48. The maximum absolute atomic E-state index is 13.8. The van der Waals surface area contributed by atoms with Crippen molar-refractivity contribution >= 4 is 6.03 Å². The van der Waals surface area contributed by atoms with Crippen LogP contribution < -0.4 is 4.74 Å². The molecule has 188 valence electrons. The molecule has 0 N–H and O–H groups in total. The van der Waals surface area contributed by atoms with Crippen molar-refractivity contribution < 1.29 is 13.9 Å². The Morgan fingerprint density at radius 1 is 1.20 bits per heavy atom. The molecule has 2 amide bonds. The predicted octanol–water partition coefficient (Wildman–Crippen LogP) is 5.16. The third-order valence-corrected chi connectivity index (χ3v) is 8.23. The van der Waals surface area contributed by atoms with E-state index in [1.165, 1.54) is 22.4 Å². The summed E-state index contributed by atoms with van der Waals surface area (Å²) in [5, 5.41) is 0. The van der Waals surface area contributed by atoms with E-state index < -0.39 is 0 Å². The number of allylic oxidation sites excluding steroid dienone is 1. The molecule has 2 saturated heterocycles. The van der Waals surface area contributed by atoms with Gasteiger partial charge in [-0.2, -0.15) is 0 Å². The van der Waals surface area contributed by atoms with E-state index in [0.29, 0.717) is 13.1 Å². The average molecular weight is 479 g/mol. The fraction of sp³-hybridized carbons (Fsp3) is 0.571. The minimum atomic E-state index is -0.256. The van der Waals surface area contributed by atoms with Gasteiger partial charge in [-0.3, -0.25) is 9.80 Å². The molecule has 0 bridgehead atoms. The molecule has 2 fully saturated rings. The van der Waals surface area contributed by atoms with Crippen molar-refractivity contribution in [2.24, 2.45) is 0 Å². The number of carbonyl (C=O) groups is 1. The van der Waals surface area contributed by atoms with E-state index in [9.17, 15) is 4.79 Å². The minimum Gasteiger partial charge on any atom is -0.496 e. The third-order valence-electron chi connectivity index (χ3n) is 8.23. The number of likely N-dealkylation sites (tertiary alicyclic amines) is 1. The Morgan fingerprint density at radius 2 is 1.94 bits per heavy atom. The molecule has 4 heterocycles. The number of hydrogen-bond donors (Lipinski definition) is 0. The number of carbonyl (C=O) groups excluding carboxylic acids is 1. The summed E-state index contributed by atoms with van der Waals surface area (Å²) in [6.07, 6.45) is 5.13. The molecule has 35 heavy (non-hydrogen) atoms. The first-order valence-corrected chi connectivity index (χ1v) is 13.0. The van der Waals surface area contributed by atoms with Crippen molar-refractivity contribution in [2.75, 3.05) is 26.7 Å². The number of nitrogens with zero attached hydrogens (tertiary/aromatic N) is 4. The fourth-order valence-electron chi connectivity index (χ4n) is 6.45. The second-order valence-corrected chi connectivity index (χ2v) is 10.2. The molecule has 7 nitrogen and oxygen atoms in total. The Labute approximate surface area is 208 Å². The highest BCUT2D eigenvalue weighted by Gasteiger charge is 2.54. The Morgan fingerprint density at radius 3 is 2.54 bits per heavy atom. The highest BCUT2D eigenvalue weighted by atomic mass is 16.5. The van der Waals surface area contributed by atoms with E-state index in [-0.39, 0.29) is 17.5 Å². The first kappa shape index (κ1) is 23.9. The van der Waals surface area contributed by atoms with Gasteiger partial charge in [0, 0.05) is 50.3 Å². The van der Waals surface area contributed by atoms with Gasteiger partial charge < -0.3 is 14.1 Å². The van der Waals surface area contributed by atoms with Crippen LogP contribution >= 0.6 is 0 Å². The molecule has 0 radical (unpaired) electrons. The van der Waals surface area contributed by atoms with Crippen LogP contribution in [-0.2, 0) is 19.5 Å². The number of amides is 2. The number of fused-ring (bicyclic) bond motifs is 3. The van der Waals surface area contributed by atoms with Crippen LogP contribution in [0.15, 0.2) is 28.3 Å². The number of likely N-dealkylation sites (N-methyl/N-ethyl adjacent to an activating group) is 1. The lowest BCUT2D eigenvalue weighted by molar-refractivity contribution is 0.0880. The summed E-state index contributed by atoms with van der Waals surface area (Å²) in [6.45, 7) is 14.3. The first-order chi connectivity index (χ1) is 16.8. The van der Waals surface area contributed by atoms with E-state index in [0.717, 1.165) is 62.0 Å². The van der Waals surface area contributed by atoms with Gasteiger partial charge >= 0.3 is 6.03 Å². The summed E-state index contributed by atoms with van der Waals surface area (Å²) in [5.41, 5.74) is 5.61. The van der Waals surface area contributed by atoms with E-state index in [1.54, 1.807) is 7.11 Å². The first-order valence-electron chi connectivity index (χ1n) is 13.0. The molecule has 7 heteroatoms. The van der Waals surface area contributed by atoms with Gasteiger partial charge in [-0.05, 0) is 50.3 Å². The van der Waals surface area contributed by atoms with E-state index >= 15 is 0 Å². The van der Waals surface area contributed by atoms with Crippen LogP contribution in [0.25, 0.3) is 0 Å². The zero-order chi connectivity index (χ0) is 24.9. The van der Waals surface area contributed by atoms with E-state index in [1.807, 2.05) is 18.7 Å². The number of hydrogen-bond acceptors (Lipinski definition) is 5. The average Bonchev–Trinajstić information content (AvgIpc) is 3.19. The number of benzene rings is 1. The molecule has 0 aliphatic carbocycles. The molecule has 1 spiro atoms. The van der Waals surface area contributed by atoms with Crippen LogP contribution in [0.5, 0.6) is 5.75 Å². The Kier molecular flexibility index (Phi) is 6.16. The quantitative estimate of drug-likeness (QED) is 0.594. The van der Waals surface area contributed by atoms with Crippen molar-refractivity contribution in [3.8, 4) is 5.75 Å². The van der Waals surface area contributed by atoms with Gasteiger partial charge in [-0.25, -0.2) is 9.78 Å². The molecular weight excluding hydrogens is 440 g/mol. The van der Waals surface area contributed by atoms with Crippen molar-refractivity contribution in [3.05, 3.63) is 57.9 Å². The molecular formula is C28H38N4O3. The maximum Gasteiger partial charge on any atom is 0.325 e. The van der Waals surface area contributed by atoms with Crippen molar-refractivity contribution in [2.45, 2.75) is 78.4 Å². The molecule has 2 aromatic rings. The molecule has 1 aromatic heterocycles. The molecule has 0 unspecified atom stereocenters. The van der Waals surface area contributed by atoms with Crippen molar-refractivity contribution in [1.29, 1.82) is 0 Å². The topological polar surface area (TPSA) is 62.1 Å². The predicted molar refractivity (Wildman–Crippen MR) is 135 cm³/mol. The highest BCUT2D eigenvalue weighted by molar-refractivity contribution is 5.83. The van der Waals surface area contributed by atoms with E-state index in [4.69, 9.17) is 9.15 Å². The van der Waals surface area contributed by atoms with Crippen LogP contribution in [0.1, 0.15) is 73.6 Å². The second kappa shape index (κ2) is 9.01. The minimum absolute atomic E-state index is 0.135. The van der Waals surface area contributed by atoms with Gasteiger partial charge in [0.2, 0.25) is 0 Å². The SMILES string of the molecule is CCc1cc2c(c(OC)c1)[C@@H](C)C=C1N(C2)C(=O)N(CC)C12CCN(Cc1nc(C)oc1C)CC2. The zero-order valence-electron chi connectivity index (χ0n) is 22.0. The lowest BCUT2D eigenvalue weighted by Gasteiger charge is -2.44. The molecule has 5 rings (SSSR count). The van der Waals surface area contributed by atoms with Crippen LogP contribution in [0.3, 0.4) is 0 Å². The Bertz CT molecular complexity index is 1160. The maximum atomic E-state index is 13.8. The summed E-state index contributed by atoms with van der Waals surface area (Å²) in [6, 6.07) is 4.56. The summed E-state index contributed by atoms with van der Waals surface area (Å²) >= 11 is 0. The number of piperidine rings is 1. The lowest BCUT2D eigenvalue weighted by Crippen LogP contribution is -2.53. The molecule has 3 aliphatic rings. The fourth-order valence-corrected chi connectivity index (χ4v) is 6.45. The number of methoxy groups -OCH3 is 1. The normalized spacial score (nSPS) is 21.7. The van der Waals surface area contributed by atoms with Crippen LogP contribution in [-0.4, -0.2) is 58.0 Å². The second-order valence-electron chi connectivity index (χ2n) is 10.2. The van der Waals surface area contributed by atoms with Gasteiger partial charge in [0.15, 0.2) is 5.89 Å². The standard InChI is InChI=1S/C28H38N4O3/c1-7-21-14-22-16-31-25(13-18(3)26(22)24(15-21)34-6)28(32(8-2)27(31)33)9-11-30(12-10-28)17-23-19(4)35-20(5)29-23/h13-15,18H,7-12,16-17H2,1-6H3/t18-/m0/s1. The Balaban J connectivity index is 1.47. The van der Waals surface area contributed by atoms with Crippen molar-refractivity contribution in [1.82, 2.24) is 19.7 Å². The van der Waals surface area contributed by atoms with Gasteiger partial charge in [0.1, 0.15) is 11.5 Å². The molecule has 1 atom stereocenters. The smallest absolute Gasteiger partial charge is 0.325 e. The summed E-state index contributed by atoms with van der Waals surface area (Å²) in [7, 11) is 1.75. The van der Waals surface area contributed by atoms with Gasteiger partial charge in [-0.15, -0.1) is 0 Å². The number of aryl methyl sites for hydroxylation is 3. The van der Waals surface area contributed by atoms with Crippen LogP contribution in [0.4, 0.5) is 4.79 Å². The van der Waals surface area contributed by atoms with Crippen molar-refractivity contribution in [3.63, 3.8) is 0 Å². The number of urea groups is 1. The molecule has 0 saturated carbocycles. The zero-order valence-corrected chi connectivity index (χ0v) is 22.0. The van der Waals surface area contributed by atoms with Gasteiger partial charge in [0.05, 0.1) is 24.9 Å².